The molecular weight excluding hydrogens is 202 g/mol. The number of hydrogen-bond acceptors (Lipinski definition) is 4. The first kappa shape index (κ1) is 10.2. The second-order valence-electron chi connectivity index (χ2n) is 4.96. The molecule has 1 aromatic rings. The van der Waals surface area contributed by atoms with E-state index < -0.39 is 0 Å². The Balaban J connectivity index is 1.55. The van der Waals surface area contributed by atoms with Gasteiger partial charge in [0.25, 0.3) is 0 Å². The number of fused-ring (bicyclic) bond motifs is 3. The molecular formula is C11H19N5. The number of hydrogen-bond donors (Lipinski definition) is 1. The minimum atomic E-state index is 0.645. The lowest BCUT2D eigenvalue weighted by Gasteiger charge is -2.45. The van der Waals surface area contributed by atoms with E-state index in [4.69, 9.17) is 0 Å². The maximum absolute atomic E-state index is 4.29. The second kappa shape index (κ2) is 4.14. The monoisotopic (exact) mass is 221 g/mol. The van der Waals surface area contributed by atoms with Crippen LogP contribution in [0.4, 0.5) is 0 Å². The van der Waals surface area contributed by atoms with Crippen molar-refractivity contribution in [3.05, 3.63) is 12.2 Å². The summed E-state index contributed by atoms with van der Waals surface area (Å²) in [4.78, 5) is 6.80. The van der Waals surface area contributed by atoms with Crippen LogP contribution in [0.2, 0.25) is 0 Å². The van der Waals surface area contributed by atoms with Crippen molar-refractivity contribution in [1.82, 2.24) is 25.0 Å². The van der Waals surface area contributed by atoms with Crippen molar-refractivity contribution in [3.63, 3.8) is 0 Å². The number of aromatic nitrogens is 3. The standard InChI is InChI=1S/C11H19N5/c1-15-8-13-11(14-15)6-12-10-7-16-4-2-9(10)3-5-16/h8-10,12H,2-7H2,1H3. The molecule has 0 amide bonds. The molecule has 5 nitrogen and oxygen atoms in total. The molecule has 3 saturated heterocycles. The molecule has 1 aromatic heterocycles. The fraction of sp³-hybridized carbons (Fsp3) is 0.818. The lowest BCUT2D eigenvalue weighted by molar-refractivity contribution is 0.0717. The third-order valence-corrected chi connectivity index (χ3v) is 3.83. The van der Waals surface area contributed by atoms with Crippen LogP contribution >= 0.6 is 0 Å². The van der Waals surface area contributed by atoms with Crippen LogP contribution in [0.15, 0.2) is 6.33 Å². The topological polar surface area (TPSA) is 46.0 Å². The van der Waals surface area contributed by atoms with Gasteiger partial charge in [0.15, 0.2) is 5.82 Å². The Hall–Kier alpha value is -0.940. The molecule has 0 saturated carbocycles. The molecule has 0 radical (unpaired) electrons. The molecule has 1 N–H and O–H groups in total. The van der Waals surface area contributed by atoms with E-state index in [1.54, 1.807) is 11.0 Å². The fourth-order valence-electron chi connectivity index (χ4n) is 2.88. The summed E-state index contributed by atoms with van der Waals surface area (Å²) in [7, 11) is 1.91. The van der Waals surface area contributed by atoms with Crippen LogP contribution in [0.25, 0.3) is 0 Å². The first-order valence-electron chi connectivity index (χ1n) is 6.11. The highest BCUT2D eigenvalue weighted by molar-refractivity contribution is 4.92. The van der Waals surface area contributed by atoms with Gasteiger partial charge in [0.1, 0.15) is 6.33 Å². The van der Waals surface area contributed by atoms with E-state index in [0.29, 0.717) is 6.04 Å². The van der Waals surface area contributed by atoms with E-state index >= 15 is 0 Å². The Bertz CT molecular complexity index is 353. The Kier molecular flexibility index (Phi) is 2.65. The van der Waals surface area contributed by atoms with E-state index in [9.17, 15) is 0 Å². The Labute approximate surface area is 95.8 Å². The van der Waals surface area contributed by atoms with E-state index in [1.807, 2.05) is 7.05 Å². The van der Waals surface area contributed by atoms with Gasteiger partial charge in [0, 0.05) is 19.6 Å². The molecule has 3 aliphatic rings. The molecule has 2 bridgehead atoms. The van der Waals surface area contributed by atoms with Crippen LogP contribution in [0.3, 0.4) is 0 Å². The lowest BCUT2D eigenvalue weighted by Crippen LogP contribution is -2.55. The van der Waals surface area contributed by atoms with Gasteiger partial charge in [-0.2, -0.15) is 5.10 Å². The Morgan fingerprint density at radius 2 is 2.25 bits per heavy atom. The average molecular weight is 221 g/mol. The van der Waals surface area contributed by atoms with Crippen LogP contribution in [0, 0.1) is 5.92 Å². The molecule has 4 rings (SSSR count). The molecule has 1 unspecified atom stereocenters. The summed E-state index contributed by atoms with van der Waals surface area (Å²) in [6, 6.07) is 0.645. The van der Waals surface area contributed by atoms with Crippen LogP contribution in [0.1, 0.15) is 18.7 Å². The summed E-state index contributed by atoms with van der Waals surface area (Å²) < 4.78 is 1.76. The molecule has 0 aromatic carbocycles. The zero-order valence-corrected chi connectivity index (χ0v) is 9.76. The number of nitrogens with one attached hydrogen (secondary N) is 1. The zero-order chi connectivity index (χ0) is 11.0. The first-order valence-corrected chi connectivity index (χ1v) is 6.11. The summed E-state index contributed by atoms with van der Waals surface area (Å²) in [5.41, 5.74) is 0. The molecule has 3 aliphatic heterocycles. The average Bonchev–Trinajstić information content (AvgIpc) is 2.74. The van der Waals surface area contributed by atoms with E-state index in [1.165, 1.54) is 32.5 Å². The van der Waals surface area contributed by atoms with Crippen molar-refractivity contribution >= 4 is 0 Å². The molecule has 0 aliphatic carbocycles. The SMILES string of the molecule is Cn1cnc(CNC2CN3CCC2CC3)n1. The molecule has 0 spiro atoms. The molecule has 88 valence electrons. The summed E-state index contributed by atoms with van der Waals surface area (Å²) in [6.07, 6.45) is 4.47. The highest BCUT2D eigenvalue weighted by Crippen LogP contribution is 2.27. The van der Waals surface area contributed by atoms with Crippen molar-refractivity contribution in [3.8, 4) is 0 Å². The summed E-state index contributed by atoms with van der Waals surface area (Å²) >= 11 is 0. The van der Waals surface area contributed by atoms with Gasteiger partial charge in [-0.25, -0.2) is 4.98 Å². The third-order valence-electron chi connectivity index (χ3n) is 3.83. The van der Waals surface area contributed by atoms with Crippen LogP contribution in [-0.2, 0) is 13.6 Å². The highest BCUT2D eigenvalue weighted by Gasteiger charge is 2.33. The largest absolute Gasteiger partial charge is 0.305 e. The molecule has 1 atom stereocenters. The smallest absolute Gasteiger partial charge is 0.164 e. The van der Waals surface area contributed by atoms with Gasteiger partial charge in [-0.05, 0) is 31.8 Å². The van der Waals surface area contributed by atoms with Gasteiger partial charge in [0.2, 0.25) is 0 Å². The van der Waals surface area contributed by atoms with Gasteiger partial charge in [-0.15, -0.1) is 0 Å². The van der Waals surface area contributed by atoms with Crippen molar-refractivity contribution in [2.75, 3.05) is 19.6 Å². The van der Waals surface area contributed by atoms with E-state index in [0.717, 1.165) is 18.3 Å². The molecule has 3 fully saturated rings. The van der Waals surface area contributed by atoms with E-state index in [2.05, 4.69) is 20.3 Å². The lowest BCUT2D eigenvalue weighted by atomic mass is 9.84. The van der Waals surface area contributed by atoms with Crippen molar-refractivity contribution in [1.29, 1.82) is 0 Å². The summed E-state index contributed by atoms with van der Waals surface area (Å²) in [5, 5.41) is 7.89. The highest BCUT2D eigenvalue weighted by atomic mass is 15.3. The minimum Gasteiger partial charge on any atom is -0.305 e. The summed E-state index contributed by atoms with van der Waals surface area (Å²) in [6.45, 7) is 4.60. The molecule has 16 heavy (non-hydrogen) atoms. The van der Waals surface area contributed by atoms with Gasteiger partial charge < -0.3 is 10.2 Å². The zero-order valence-electron chi connectivity index (χ0n) is 9.76. The van der Waals surface area contributed by atoms with Gasteiger partial charge in [-0.3, -0.25) is 4.68 Å². The number of rotatable bonds is 3. The Morgan fingerprint density at radius 3 is 2.81 bits per heavy atom. The van der Waals surface area contributed by atoms with Crippen LogP contribution in [0.5, 0.6) is 0 Å². The fourth-order valence-corrected chi connectivity index (χ4v) is 2.88. The second-order valence-corrected chi connectivity index (χ2v) is 4.96. The van der Waals surface area contributed by atoms with Crippen molar-refractivity contribution < 1.29 is 0 Å². The third kappa shape index (κ3) is 1.97. The quantitative estimate of drug-likeness (QED) is 0.780. The van der Waals surface area contributed by atoms with Crippen molar-refractivity contribution in [2.45, 2.75) is 25.4 Å². The normalized spacial score (nSPS) is 33.2. The predicted molar refractivity (Wildman–Crippen MR) is 60.8 cm³/mol. The van der Waals surface area contributed by atoms with Gasteiger partial charge in [0.05, 0.1) is 6.54 Å². The van der Waals surface area contributed by atoms with Crippen LogP contribution < -0.4 is 5.32 Å². The maximum atomic E-state index is 4.29. The molecule has 4 heterocycles. The van der Waals surface area contributed by atoms with Crippen LogP contribution in [-0.4, -0.2) is 45.3 Å². The van der Waals surface area contributed by atoms with E-state index in [-0.39, 0.29) is 0 Å². The number of nitrogens with zero attached hydrogens (tertiary/aromatic N) is 4. The first-order chi connectivity index (χ1) is 7.81. The number of piperidine rings is 3. The number of aryl methyl sites for hydroxylation is 1. The summed E-state index contributed by atoms with van der Waals surface area (Å²) in [5.74, 6) is 1.77. The molecule has 5 heteroatoms. The Morgan fingerprint density at radius 1 is 1.44 bits per heavy atom. The minimum absolute atomic E-state index is 0.645. The maximum Gasteiger partial charge on any atom is 0.164 e. The van der Waals surface area contributed by atoms with Gasteiger partial charge >= 0.3 is 0 Å². The predicted octanol–water partition coefficient (Wildman–Crippen LogP) is -0.00110. The van der Waals surface area contributed by atoms with Crippen molar-refractivity contribution in [2.24, 2.45) is 13.0 Å². The van der Waals surface area contributed by atoms with Gasteiger partial charge in [-0.1, -0.05) is 0 Å².